The normalized spacial score (nSPS) is 20.3. The third-order valence-corrected chi connectivity index (χ3v) is 4.86. The average Bonchev–Trinajstić information content (AvgIpc) is 3.15. The van der Waals surface area contributed by atoms with Crippen molar-refractivity contribution >= 4 is 5.91 Å². The molecule has 1 fully saturated rings. The fourth-order valence-electron chi connectivity index (χ4n) is 3.50. The highest BCUT2D eigenvalue weighted by atomic mass is 16.5. The molecule has 140 valence electrons. The van der Waals surface area contributed by atoms with E-state index in [-0.39, 0.29) is 12.5 Å². The van der Waals surface area contributed by atoms with Crippen LogP contribution < -0.4 is 0 Å². The average molecular weight is 357 g/mol. The zero-order chi connectivity index (χ0) is 18.4. The van der Waals surface area contributed by atoms with Crippen LogP contribution >= 0.6 is 0 Å². The van der Waals surface area contributed by atoms with Gasteiger partial charge >= 0.3 is 0 Å². The number of benzene rings is 1. The lowest BCUT2D eigenvalue weighted by Gasteiger charge is -2.42. The molecule has 0 radical (unpaired) electrons. The maximum atomic E-state index is 12.6. The molecule has 1 amide bonds. The van der Waals surface area contributed by atoms with Gasteiger partial charge in [-0.3, -0.25) is 4.79 Å². The predicted molar refractivity (Wildman–Crippen MR) is 98.7 cm³/mol. The Bertz CT molecular complexity index is 717. The monoisotopic (exact) mass is 357 g/mol. The Balaban J connectivity index is 1.58. The molecule has 1 N–H and O–H groups in total. The molecular formula is C20H27N3O3. The summed E-state index contributed by atoms with van der Waals surface area (Å²) in [7, 11) is 0. The molecule has 1 aromatic heterocycles. The van der Waals surface area contributed by atoms with Crippen LogP contribution in [0.4, 0.5) is 0 Å². The first-order valence-corrected chi connectivity index (χ1v) is 9.14. The van der Waals surface area contributed by atoms with Crippen LogP contribution in [0.2, 0.25) is 0 Å². The zero-order valence-corrected chi connectivity index (χ0v) is 15.3. The van der Waals surface area contributed by atoms with E-state index in [1.165, 1.54) is 5.56 Å². The molecule has 0 saturated carbocycles. The van der Waals surface area contributed by atoms with Crippen LogP contribution in [0, 0.1) is 6.92 Å². The van der Waals surface area contributed by atoms with Gasteiger partial charge in [-0.15, -0.1) is 0 Å². The van der Waals surface area contributed by atoms with E-state index in [1.54, 1.807) is 12.5 Å². The molecule has 1 aliphatic heterocycles. The second kappa shape index (κ2) is 8.47. The molecule has 1 aliphatic rings. The van der Waals surface area contributed by atoms with E-state index in [2.05, 4.69) is 11.1 Å². The topological polar surface area (TPSA) is 67.6 Å². The van der Waals surface area contributed by atoms with Crippen LogP contribution in [0.15, 0.2) is 43.0 Å². The third kappa shape index (κ3) is 4.71. The predicted octanol–water partition coefficient (Wildman–Crippen LogP) is 1.80. The summed E-state index contributed by atoms with van der Waals surface area (Å²) in [5.74, 6) is 0.121. The molecule has 0 unspecified atom stereocenters. The molecule has 6 heteroatoms. The first-order chi connectivity index (χ1) is 12.6. The minimum absolute atomic E-state index is 0.0975. The summed E-state index contributed by atoms with van der Waals surface area (Å²) in [5.41, 5.74) is 1.58. The molecule has 2 aromatic rings. The molecule has 3 rings (SSSR count). The summed E-state index contributed by atoms with van der Waals surface area (Å²) in [5, 5.41) is 10.00. The first-order valence-electron chi connectivity index (χ1n) is 9.14. The van der Waals surface area contributed by atoms with Crippen LogP contribution in [0.5, 0.6) is 0 Å². The van der Waals surface area contributed by atoms with Gasteiger partial charge in [-0.2, -0.15) is 0 Å². The SMILES string of the molecule is Cc1cccc(C[C@@]2(CO)CN(C(=O)CCCn3ccnc3)CCO2)c1. The van der Waals surface area contributed by atoms with Gasteiger partial charge < -0.3 is 19.3 Å². The van der Waals surface area contributed by atoms with E-state index in [1.807, 2.05) is 40.8 Å². The van der Waals surface area contributed by atoms with Crippen molar-refractivity contribution in [2.75, 3.05) is 26.3 Å². The Morgan fingerprint density at radius 1 is 1.42 bits per heavy atom. The first kappa shape index (κ1) is 18.6. The van der Waals surface area contributed by atoms with Crippen LogP contribution in [-0.2, 0) is 22.5 Å². The molecule has 0 aliphatic carbocycles. The van der Waals surface area contributed by atoms with Crippen molar-refractivity contribution in [1.82, 2.24) is 14.5 Å². The number of morpholine rings is 1. The van der Waals surface area contributed by atoms with Gasteiger partial charge in [-0.05, 0) is 18.9 Å². The minimum atomic E-state index is -0.716. The second-order valence-electron chi connectivity index (χ2n) is 7.07. The molecule has 0 spiro atoms. The van der Waals surface area contributed by atoms with Gasteiger partial charge in [0.05, 0.1) is 26.1 Å². The molecule has 1 saturated heterocycles. The maximum absolute atomic E-state index is 12.6. The number of imidazole rings is 1. The Morgan fingerprint density at radius 2 is 2.31 bits per heavy atom. The molecule has 1 atom stereocenters. The summed E-state index contributed by atoms with van der Waals surface area (Å²) in [4.78, 5) is 18.4. The number of nitrogens with zero attached hydrogens (tertiary/aromatic N) is 3. The van der Waals surface area contributed by atoms with Gasteiger partial charge in [-0.25, -0.2) is 4.98 Å². The highest BCUT2D eigenvalue weighted by Crippen LogP contribution is 2.24. The Kier molecular flexibility index (Phi) is 6.06. The number of aliphatic hydroxyl groups is 1. The Morgan fingerprint density at radius 3 is 3.04 bits per heavy atom. The Hall–Kier alpha value is -2.18. The van der Waals surface area contributed by atoms with Gasteiger partial charge in [-0.1, -0.05) is 29.8 Å². The second-order valence-corrected chi connectivity index (χ2v) is 7.07. The minimum Gasteiger partial charge on any atom is -0.393 e. The van der Waals surface area contributed by atoms with Gasteiger partial charge in [0.2, 0.25) is 5.91 Å². The van der Waals surface area contributed by atoms with E-state index in [9.17, 15) is 9.90 Å². The van der Waals surface area contributed by atoms with Gasteiger partial charge in [0.25, 0.3) is 0 Å². The third-order valence-electron chi connectivity index (χ3n) is 4.86. The van der Waals surface area contributed by atoms with Crippen molar-refractivity contribution in [2.24, 2.45) is 0 Å². The molecule has 2 heterocycles. The number of amides is 1. The molecule has 1 aromatic carbocycles. The molecule has 6 nitrogen and oxygen atoms in total. The smallest absolute Gasteiger partial charge is 0.222 e. The number of carbonyl (C=O) groups is 1. The van der Waals surface area contributed by atoms with E-state index in [0.29, 0.717) is 32.5 Å². The van der Waals surface area contributed by atoms with Crippen molar-refractivity contribution in [3.05, 3.63) is 54.1 Å². The lowest BCUT2D eigenvalue weighted by atomic mass is 9.92. The number of rotatable bonds is 7. The standard InChI is InChI=1S/C20H27N3O3/c1-17-4-2-5-18(12-17)13-20(15-24)14-23(10-11-26-20)19(25)6-3-8-22-9-7-21-16-22/h2,4-5,7,9,12,16,24H,3,6,8,10-11,13-15H2,1H3/t20-/m0/s1. The van der Waals surface area contributed by atoms with Crippen molar-refractivity contribution in [2.45, 2.75) is 38.3 Å². The van der Waals surface area contributed by atoms with Crippen molar-refractivity contribution in [1.29, 1.82) is 0 Å². The number of hydrogen-bond acceptors (Lipinski definition) is 4. The number of carbonyl (C=O) groups excluding carboxylic acids is 1. The number of aliphatic hydroxyl groups excluding tert-OH is 1. The highest BCUT2D eigenvalue weighted by molar-refractivity contribution is 5.76. The van der Waals surface area contributed by atoms with Crippen molar-refractivity contribution in [3.63, 3.8) is 0 Å². The van der Waals surface area contributed by atoms with Crippen molar-refractivity contribution in [3.8, 4) is 0 Å². The van der Waals surface area contributed by atoms with Gasteiger partial charge in [0, 0.05) is 38.3 Å². The van der Waals surface area contributed by atoms with Crippen molar-refractivity contribution < 1.29 is 14.6 Å². The molecule has 0 bridgehead atoms. The molecule has 26 heavy (non-hydrogen) atoms. The number of aromatic nitrogens is 2. The van der Waals surface area contributed by atoms with Crippen LogP contribution in [0.25, 0.3) is 0 Å². The maximum Gasteiger partial charge on any atom is 0.222 e. The zero-order valence-electron chi connectivity index (χ0n) is 15.3. The summed E-state index contributed by atoms with van der Waals surface area (Å²) in [6, 6.07) is 8.21. The molecular weight excluding hydrogens is 330 g/mol. The van der Waals surface area contributed by atoms with Crippen LogP contribution in [-0.4, -0.2) is 57.4 Å². The highest BCUT2D eigenvalue weighted by Gasteiger charge is 2.38. The van der Waals surface area contributed by atoms with E-state index in [4.69, 9.17) is 4.74 Å². The summed E-state index contributed by atoms with van der Waals surface area (Å²) < 4.78 is 7.92. The quantitative estimate of drug-likeness (QED) is 0.821. The fourth-order valence-corrected chi connectivity index (χ4v) is 3.50. The fraction of sp³-hybridized carbons (Fsp3) is 0.500. The van der Waals surface area contributed by atoms with Crippen LogP contribution in [0.3, 0.4) is 0 Å². The largest absolute Gasteiger partial charge is 0.393 e. The number of aryl methyl sites for hydroxylation is 2. The van der Waals surface area contributed by atoms with Gasteiger partial charge in [0.1, 0.15) is 5.60 Å². The summed E-state index contributed by atoms with van der Waals surface area (Å²) in [6.07, 6.45) is 7.27. The number of hydrogen-bond donors (Lipinski definition) is 1. The van der Waals surface area contributed by atoms with Gasteiger partial charge in [0.15, 0.2) is 0 Å². The van der Waals surface area contributed by atoms with E-state index >= 15 is 0 Å². The summed E-state index contributed by atoms with van der Waals surface area (Å²) in [6.45, 7) is 4.21. The van der Waals surface area contributed by atoms with Crippen LogP contribution in [0.1, 0.15) is 24.0 Å². The van der Waals surface area contributed by atoms with E-state index < -0.39 is 5.60 Å². The number of ether oxygens (including phenoxy) is 1. The summed E-state index contributed by atoms with van der Waals surface area (Å²) >= 11 is 0. The van der Waals surface area contributed by atoms with E-state index in [0.717, 1.165) is 18.5 Å². The Labute approximate surface area is 154 Å². The lowest BCUT2D eigenvalue weighted by Crippen LogP contribution is -2.56. The lowest BCUT2D eigenvalue weighted by molar-refractivity contribution is -0.158.